The van der Waals surface area contributed by atoms with Crippen LogP contribution in [0, 0.1) is 0 Å². The number of hydrogen-bond acceptors (Lipinski definition) is 3. The van der Waals surface area contributed by atoms with Crippen LogP contribution in [0.15, 0.2) is 84.9 Å². The Balaban J connectivity index is 1.69. The number of rotatable bonds is 4. The van der Waals surface area contributed by atoms with Crippen LogP contribution >= 0.6 is 0 Å². The minimum absolute atomic E-state index is 0.192. The molecule has 1 heterocycles. The van der Waals surface area contributed by atoms with Gasteiger partial charge < -0.3 is 10.1 Å². The molecule has 0 spiro atoms. The summed E-state index contributed by atoms with van der Waals surface area (Å²) in [5, 5.41) is 4.07. The molecule has 0 radical (unpaired) electrons. The fourth-order valence-corrected chi connectivity index (χ4v) is 2.99. The fraction of sp³-hybridized carbons (Fsp3) is 0.0435. The van der Waals surface area contributed by atoms with Crippen molar-refractivity contribution >= 4 is 22.5 Å². The Morgan fingerprint density at radius 2 is 1.70 bits per heavy atom. The first-order valence-electron chi connectivity index (χ1n) is 8.65. The monoisotopic (exact) mass is 354 g/mol. The number of fused-ring (bicyclic) bond motifs is 1. The fourth-order valence-electron chi connectivity index (χ4n) is 2.99. The van der Waals surface area contributed by atoms with Gasteiger partial charge in [-0.15, -0.1) is 0 Å². The number of benzene rings is 3. The lowest BCUT2D eigenvalue weighted by Gasteiger charge is -2.12. The molecule has 3 aromatic carbocycles. The normalized spacial score (nSPS) is 10.6. The molecule has 0 aliphatic carbocycles. The first-order valence-corrected chi connectivity index (χ1v) is 8.65. The highest BCUT2D eigenvalue weighted by Crippen LogP contribution is 2.28. The van der Waals surface area contributed by atoms with Crippen molar-refractivity contribution in [2.75, 3.05) is 12.4 Å². The van der Waals surface area contributed by atoms with Crippen LogP contribution in [-0.2, 0) is 0 Å². The number of para-hydroxylation sites is 2. The van der Waals surface area contributed by atoms with E-state index in [1.165, 1.54) is 0 Å². The number of hydrogen-bond donors (Lipinski definition) is 1. The molecule has 1 aromatic heterocycles. The van der Waals surface area contributed by atoms with E-state index in [1.54, 1.807) is 25.3 Å². The molecule has 4 rings (SSSR count). The van der Waals surface area contributed by atoms with E-state index >= 15 is 0 Å². The van der Waals surface area contributed by atoms with Crippen molar-refractivity contribution in [3.8, 4) is 17.0 Å². The molecule has 0 fully saturated rings. The average molecular weight is 354 g/mol. The van der Waals surface area contributed by atoms with Crippen LogP contribution < -0.4 is 10.1 Å². The number of nitrogens with one attached hydrogen (secondary N) is 1. The molecule has 4 heteroatoms. The van der Waals surface area contributed by atoms with Crippen LogP contribution in [0.2, 0.25) is 0 Å². The summed E-state index contributed by atoms with van der Waals surface area (Å²) in [6.45, 7) is 0. The van der Waals surface area contributed by atoms with E-state index in [0.717, 1.165) is 22.2 Å². The Labute approximate surface area is 157 Å². The van der Waals surface area contributed by atoms with E-state index in [9.17, 15) is 4.79 Å². The number of ether oxygens (including phenoxy) is 1. The average Bonchev–Trinajstić information content (AvgIpc) is 2.74. The van der Waals surface area contributed by atoms with E-state index < -0.39 is 0 Å². The minimum atomic E-state index is -0.192. The van der Waals surface area contributed by atoms with Gasteiger partial charge in [0, 0.05) is 16.5 Å². The van der Waals surface area contributed by atoms with Gasteiger partial charge in [0.25, 0.3) is 5.91 Å². The van der Waals surface area contributed by atoms with Gasteiger partial charge >= 0.3 is 0 Å². The second-order valence-corrected chi connectivity index (χ2v) is 6.12. The smallest absolute Gasteiger partial charge is 0.255 e. The quantitative estimate of drug-likeness (QED) is 0.550. The van der Waals surface area contributed by atoms with Crippen LogP contribution in [0.4, 0.5) is 5.69 Å². The summed E-state index contributed by atoms with van der Waals surface area (Å²) in [5.74, 6) is 0.453. The molecule has 0 bridgehead atoms. The molecule has 132 valence electrons. The highest BCUT2D eigenvalue weighted by Gasteiger charge is 2.12. The lowest BCUT2D eigenvalue weighted by Crippen LogP contribution is -2.12. The van der Waals surface area contributed by atoms with Crippen LogP contribution in [0.1, 0.15) is 10.4 Å². The van der Waals surface area contributed by atoms with Crippen molar-refractivity contribution in [1.82, 2.24) is 4.98 Å². The van der Waals surface area contributed by atoms with Gasteiger partial charge in [-0.3, -0.25) is 4.79 Å². The Morgan fingerprint density at radius 3 is 2.59 bits per heavy atom. The lowest BCUT2D eigenvalue weighted by atomic mass is 10.1. The molecule has 0 saturated carbocycles. The summed E-state index contributed by atoms with van der Waals surface area (Å²) in [6.07, 6.45) is 0. The van der Waals surface area contributed by atoms with Crippen molar-refractivity contribution in [3.05, 3.63) is 90.5 Å². The van der Waals surface area contributed by atoms with Crippen LogP contribution in [0.25, 0.3) is 22.2 Å². The minimum Gasteiger partial charge on any atom is -0.497 e. The largest absolute Gasteiger partial charge is 0.497 e. The van der Waals surface area contributed by atoms with E-state index in [2.05, 4.69) is 5.32 Å². The van der Waals surface area contributed by atoms with E-state index in [0.29, 0.717) is 17.0 Å². The second kappa shape index (κ2) is 7.30. The van der Waals surface area contributed by atoms with Gasteiger partial charge in [0.05, 0.1) is 24.0 Å². The zero-order valence-electron chi connectivity index (χ0n) is 14.8. The zero-order valence-corrected chi connectivity index (χ0v) is 14.8. The lowest BCUT2D eigenvalue weighted by molar-refractivity contribution is 0.102. The Kier molecular flexibility index (Phi) is 4.54. The summed E-state index contributed by atoms with van der Waals surface area (Å²) < 4.78 is 5.20. The van der Waals surface area contributed by atoms with E-state index in [-0.39, 0.29) is 5.91 Å². The van der Waals surface area contributed by atoms with Crippen molar-refractivity contribution in [1.29, 1.82) is 0 Å². The van der Waals surface area contributed by atoms with Crippen LogP contribution in [0.3, 0.4) is 0 Å². The van der Waals surface area contributed by atoms with Crippen LogP contribution in [-0.4, -0.2) is 18.0 Å². The van der Waals surface area contributed by atoms with E-state index in [1.807, 2.05) is 66.7 Å². The summed E-state index contributed by atoms with van der Waals surface area (Å²) >= 11 is 0. The molecular weight excluding hydrogens is 336 g/mol. The predicted octanol–water partition coefficient (Wildman–Crippen LogP) is 5.16. The SMILES string of the molecule is COc1cccc(C(=O)Nc2ccccc2-c2ccc3ccccc3n2)c1. The van der Waals surface area contributed by atoms with Crippen molar-refractivity contribution in [3.63, 3.8) is 0 Å². The second-order valence-electron chi connectivity index (χ2n) is 6.12. The Hall–Kier alpha value is -3.66. The molecule has 1 N–H and O–H groups in total. The van der Waals surface area contributed by atoms with Gasteiger partial charge in [-0.05, 0) is 36.4 Å². The standard InChI is InChI=1S/C23H18N2O2/c1-27-18-9-6-8-17(15-18)23(26)25-21-12-5-3-10-19(21)22-14-13-16-7-2-4-11-20(16)24-22/h2-15H,1H3,(H,25,26). The highest BCUT2D eigenvalue weighted by atomic mass is 16.5. The number of nitrogens with zero attached hydrogens (tertiary/aromatic N) is 1. The number of aromatic nitrogens is 1. The molecule has 0 unspecified atom stereocenters. The van der Waals surface area contributed by atoms with Gasteiger partial charge in [0.2, 0.25) is 0 Å². The Bertz CT molecular complexity index is 1120. The Morgan fingerprint density at radius 1 is 0.889 bits per heavy atom. The van der Waals surface area contributed by atoms with Gasteiger partial charge in [-0.2, -0.15) is 0 Å². The number of methoxy groups -OCH3 is 1. The molecule has 1 amide bonds. The molecule has 0 atom stereocenters. The van der Waals surface area contributed by atoms with E-state index in [4.69, 9.17) is 9.72 Å². The number of anilines is 1. The molecule has 0 saturated heterocycles. The molecule has 0 aliphatic heterocycles. The maximum absolute atomic E-state index is 12.7. The number of carbonyl (C=O) groups excluding carboxylic acids is 1. The van der Waals surface area contributed by atoms with Crippen molar-refractivity contribution in [2.45, 2.75) is 0 Å². The van der Waals surface area contributed by atoms with Gasteiger partial charge in [0.15, 0.2) is 0 Å². The molecule has 4 nitrogen and oxygen atoms in total. The highest BCUT2D eigenvalue weighted by molar-refractivity contribution is 6.06. The van der Waals surface area contributed by atoms with Crippen molar-refractivity contribution < 1.29 is 9.53 Å². The van der Waals surface area contributed by atoms with Crippen LogP contribution in [0.5, 0.6) is 5.75 Å². The molecule has 0 aliphatic rings. The third kappa shape index (κ3) is 3.51. The number of amides is 1. The third-order valence-corrected chi connectivity index (χ3v) is 4.38. The van der Waals surface area contributed by atoms with Gasteiger partial charge in [-0.1, -0.05) is 48.5 Å². The molecular formula is C23H18N2O2. The third-order valence-electron chi connectivity index (χ3n) is 4.38. The number of pyridine rings is 1. The topological polar surface area (TPSA) is 51.2 Å². The van der Waals surface area contributed by atoms with Gasteiger partial charge in [-0.25, -0.2) is 4.98 Å². The van der Waals surface area contributed by atoms with Gasteiger partial charge in [0.1, 0.15) is 5.75 Å². The zero-order chi connectivity index (χ0) is 18.6. The number of carbonyl (C=O) groups is 1. The maximum Gasteiger partial charge on any atom is 0.255 e. The predicted molar refractivity (Wildman–Crippen MR) is 108 cm³/mol. The first kappa shape index (κ1) is 16.8. The summed E-state index contributed by atoms with van der Waals surface area (Å²) in [7, 11) is 1.58. The molecule has 27 heavy (non-hydrogen) atoms. The summed E-state index contributed by atoms with van der Waals surface area (Å²) in [4.78, 5) is 17.4. The summed E-state index contributed by atoms with van der Waals surface area (Å²) in [5.41, 5.74) is 3.86. The maximum atomic E-state index is 12.7. The first-order chi connectivity index (χ1) is 13.2. The molecule has 4 aromatic rings. The van der Waals surface area contributed by atoms with Crippen molar-refractivity contribution in [2.24, 2.45) is 0 Å². The summed E-state index contributed by atoms with van der Waals surface area (Å²) in [6, 6.07) is 26.7.